The number of carbonyl (C=O) groups is 3. The lowest BCUT2D eigenvalue weighted by atomic mass is 9.95. The van der Waals surface area contributed by atoms with E-state index in [1.807, 2.05) is 24.5 Å². The van der Waals surface area contributed by atoms with E-state index in [4.69, 9.17) is 21.7 Å². The zero-order valence-electron chi connectivity index (χ0n) is 21.5. The molecule has 1 aromatic carbocycles. The molecule has 8 nitrogen and oxygen atoms in total. The van der Waals surface area contributed by atoms with Gasteiger partial charge in [0.15, 0.2) is 5.11 Å². The number of hydrogen-bond donors (Lipinski definition) is 1. The molecule has 0 saturated carbocycles. The molecule has 1 aliphatic heterocycles. The fourth-order valence-electron chi connectivity index (χ4n) is 5.05. The molecule has 2 amide bonds. The number of fused-ring (bicyclic) bond motifs is 1. The predicted octanol–water partition coefficient (Wildman–Crippen LogP) is 4.66. The summed E-state index contributed by atoms with van der Waals surface area (Å²) < 4.78 is 12.4. The summed E-state index contributed by atoms with van der Waals surface area (Å²) in [6.07, 6.45) is 5.51. The lowest BCUT2D eigenvalue weighted by Crippen LogP contribution is -2.54. The Hall–Kier alpha value is -3.76. The molecule has 3 aromatic rings. The van der Waals surface area contributed by atoms with Gasteiger partial charge in [0, 0.05) is 16.3 Å². The third kappa shape index (κ3) is 4.33. The van der Waals surface area contributed by atoms with Crippen molar-refractivity contribution in [3.05, 3.63) is 68.9 Å². The van der Waals surface area contributed by atoms with Gasteiger partial charge in [0.05, 0.1) is 25.5 Å². The van der Waals surface area contributed by atoms with Gasteiger partial charge in [-0.25, -0.2) is 4.79 Å². The van der Waals surface area contributed by atoms with E-state index in [1.165, 1.54) is 16.9 Å². The first kappa shape index (κ1) is 25.9. The van der Waals surface area contributed by atoms with Gasteiger partial charge in [0.25, 0.3) is 11.8 Å². The number of aromatic nitrogens is 1. The van der Waals surface area contributed by atoms with Crippen molar-refractivity contribution >= 4 is 58.2 Å². The molecular formula is C28H27N3O5S2. The summed E-state index contributed by atoms with van der Waals surface area (Å²) in [4.78, 5) is 41.7. The number of methoxy groups -OCH3 is 2. The standard InChI is InChI=1S/C28H27N3O5S2/c1-15-13-17(16(2)30(15)26-23(27(34)36-4)20-7-5-6-8-22(20)38-26)14-21-24(32)29-28(37)31(25(21)33)18-9-11-19(35-3)12-10-18/h9-14H,5-8H2,1-4H3,(H,29,32,37)/b21-14+. The molecule has 38 heavy (non-hydrogen) atoms. The van der Waals surface area contributed by atoms with Crippen LogP contribution in [-0.2, 0) is 27.2 Å². The SMILES string of the molecule is COC(=O)c1c(-n2c(C)cc(/C=C3\C(=O)NC(=S)N(c4ccc(OC)cc4)C3=O)c2C)sc2c1CCCC2. The number of thiocarbonyl (C=S) groups is 1. The topological polar surface area (TPSA) is 89.9 Å². The first-order chi connectivity index (χ1) is 18.2. The molecule has 1 N–H and O–H groups in total. The van der Waals surface area contributed by atoms with E-state index >= 15 is 0 Å². The van der Waals surface area contributed by atoms with Gasteiger partial charge in [-0.05, 0) is 99.3 Å². The summed E-state index contributed by atoms with van der Waals surface area (Å²) in [6, 6.07) is 8.76. The summed E-state index contributed by atoms with van der Waals surface area (Å²) in [5.41, 5.74) is 4.55. The van der Waals surface area contributed by atoms with Crippen molar-refractivity contribution in [3.63, 3.8) is 0 Å². The van der Waals surface area contributed by atoms with E-state index in [9.17, 15) is 14.4 Å². The quantitative estimate of drug-likeness (QED) is 0.216. The Kier molecular flexibility index (Phi) is 6.93. The number of ether oxygens (including phenoxy) is 2. The minimum Gasteiger partial charge on any atom is -0.497 e. The average molecular weight is 550 g/mol. The van der Waals surface area contributed by atoms with Crippen LogP contribution in [0, 0.1) is 13.8 Å². The van der Waals surface area contributed by atoms with Gasteiger partial charge in [-0.15, -0.1) is 11.3 Å². The predicted molar refractivity (Wildman–Crippen MR) is 150 cm³/mol. The highest BCUT2D eigenvalue weighted by molar-refractivity contribution is 7.80. The molecule has 0 atom stereocenters. The Morgan fingerprint density at radius 1 is 1.11 bits per heavy atom. The van der Waals surface area contributed by atoms with Crippen molar-refractivity contribution in [3.8, 4) is 10.8 Å². The molecule has 2 aromatic heterocycles. The first-order valence-electron chi connectivity index (χ1n) is 12.2. The van der Waals surface area contributed by atoms with E-state index in [-0.39, 0.29) is 16.7 Å². The van der Waals surface area contributed by atoms with Crippen LogP contribution >= 0.6 is 23.6 Å². The van der Waals surface area contributed by atoms with Crippen LogP contribution in [0.4, 0.5) is 5.69 Å². The monoisotopic (exact) mass is 549 g/mol. The number of benzene rings is 1. The third-order valence-corrected chi connectivity index (χ3v) is 8.51. The number of rotatable bonds is 5. The minimum atomic E-state index is -0.559. The molecule has 5 rings (SSSR count). The maximum absolute atomic E-state index is 13.5. The van der Waals surface area contributed by atoms with E-state index in [2.05, 4.69) is 5.32 Å². The van der Waals surface area contributed by atoms with Crippen LogP contribution in [0.3, 0.4) is 0 Å². The number of nitrogens with one attached hydrogen (secondary N) is 1. The molecule has 10 heteroatoms. The highest BCUT2D eigenvalue weighted by Crippen LogP contribution is 2.39. The number of esters is 1. The number of carbonyl (C=O) groups excluding carboxylic acids is 3. The van der Waals surface area contributed by atoms with Crippen LogP contribution in [0.25, 0.3) is 11.1 Å². The molecule has 1 aliphatic carbocycles. The van der Waals surface area contributed by atoms with Crippen molar-refractivity contribution in [1.29, 1.82) is 0 Å². The van der Waals surface area contributed by atoms with Gasteiger partial charge in [-0.2, -0.15) is 0 Å². The summed E-state index contributed by atoms with van der Waals surface area (Å²) in [5, 5.41) is 3.45. The summed E-state index contributed by atoms with van der Waals surface area (Å²) in [7, 11) is 2.96. The molecule has 0 radical (unpaired) electrons. The number of amides is 2. The van der Waals surface area contributed by atoms with Gasteiger partial charge in [-0.3, -0.25) is 19.8 Å². The number of anilines is 1. The Morgan fingerprint density at radius 3 is 2.50 bits per heavy atom. The maximum atomic E-state index is 13.5. The molecule has 1 fully saturated rings. The lowest BCUT2D eigenvalue weighted by molar-refractivity contribution is -0.122. The van der Waals surface area contributed by atoms with Gasteiger partial charge in [-0.1, -0.05) is 0 Å². The van der Waals surface area contributed by atoms with Crippen molar-refractivity contribution in [2.45, 2.75) is 39.5 Å². The van der Waals surface area contributed by atoms with Crippen molar-refractivity contribution in [1.82, 2.24) is 9.88 Å². The minimum absolute atomic E-state index is 0.0136. The van der Waals surface area contributed by atoms with Crippen molar-refractivity contribution in [2.24, 2.45) is 0 Å². The van der Waals surface area contributed by atoms with Crippen LogP contribution in [0.2, 0.25) is 0 Å². The van der Waals surface area contributed by atoms with Crippen LogP contribution < -0.4 is 15.0 Å². The van der Waals surface area contributed by atoms with Crippen LogP contribution in [0.1, 0.15) is 50.6 Å². The smallest absolute Gasteiger partial charge is 0.341 e. The molecule has 0 spiro atoms. The zero-order chi connectivity index (χ0) is 27.1. The maximum Gasteiger partial charge on any atom is 0.341 e. The number of thiophene rings is 1. The van der Waals surface area contributed by atoms with Gasteiger partial charge >= 0.3 is 5.97 Å². The zero-order valence-corrected chi connectivity index (χ0v) is 23.2. The van der Waals surface area contributed by atoms with E-state index in [0.717, 1.165) is 47.6 Å². The summed E-state index contributed by atoms with van der Waals surface area (Å²) in [6.45, 7) is 3.85. The molecule has 2 aliphatic rings. The molecule has 196 valence electrons. The normalized spacial score (nSPS) is 16.5. The lowest BCUT2D eigenvalue weighted by Gasteiger charge is -2.29. The van der Waals surface area contributed by atoms with E-state index in [0.29, 0.717) is 22.6 Å². The van der Waals surface area contributed by atoms with Crippen LogP contribution in [-0.4, -0.2) is 41.7 Å². The number of hydrogen-bond acceptors (Lipinski definition) is 7. The second-order valence-corrected chi connectivity index (χ2v) is 10.7. The second-order valence-electron chi connectivity index (χ2n) is 9.20. The van der Waals surface area contributed by atoms with Crippen LogP contribution in [0.5, 0.6) is 5.75 Å². The van der Waals surface area contributed by atoms with Gasteiger partial charge in [0.1, 0.15) is 16.3 Å². The van der Waals surface area contributed by atoms with Crippen LogP contribution in [0.15, 0.2) is 35.9 Å². The average Bonchev–Trinajstić information content (AvgIpc) is 3.42. The van der Waals surface area contributed by atoms with Gasteiger partial charge in [0.2, 0.25) is 0 Å². The highest BCUT2D eigenvalue weighted by atomic mass is 32.1. The molecule has 1 saturated heterocycles. The highest BCUT2D eigenvalue weighted by Gasteiger charge is 2.35. The largest absolute Gasteiger partial charge is 0.497 e. The molecular weight excluding hydrogens is 522 g/mol. The Balaban J connectivity index is 1.57. The Bertz CT molecular complexity index is 1510. The fraction of sp³-hybridized carbons (Fsp3) is 0.286. The number of nitrogens with zero attached hydrogens (tertiary/aromatic N) is 2. The summed E-state index contributed by atoms with van der Waals surface area (Å²) in [5.74, 6) is -0.790. The second kappa shape index (κ2) is 10.2. The van der Waals surface area contributed by atoms with Gasteiger partial charge < -0.3 is 14.0 Å². The summed E-state index contributed by atoms with van der Waals surface area (Å²) >= 11 is 6.93. The number of aryl methyl sites for hydroxylation is 2. The fourth-order valence-corrected chi connectivity index (χ4v) is 6.82. The first-order valence-corrected chi connectivity index (χ1v) is 13.4. The molecule has 0 unspecified atom stereocenters. The van der Waals surface area contributed by atoms with Crippen molar-refractivity contribution in [2.75, 3.05) is 19.1 Å². The van der Waals surface area contributed by atoms with E-state index in [1.54, 1.807) is 48.8 Å². The van der Waals surface area contributed by atoms with Crippen molar-refractivity contribution < 1.29 is 23.9 Å². The Labute approximate surface area is 229 Å². The molecule has 3 heterocycles. The third-order valence-electron chi connectivity index (χ3n) is 6.95. The van der Waals surface area contributed by atoms with E-state index < -0.39 is 11.8 Å². The Morgan fingerprint density at radius 2 is 1.82 bits per heavy atom. The molecule has 0 bridgehead atoms.